The molecule has 0 radical (unpaired) electrons. The molecule has 0 amide bonds. The zero-order valence-corrected chi connectivity index (χ0v) is 21.9. The van der Waals surface area contributed by atoms with E-state index in [4.69, 9.17) is 9.15 Å². The van der Waals surface area contributed by atoms with Crippen LogP contribution in [-0.4, -0.2) is 7.05 Å². The molecule has 0 saturated carbocycles. The lowest BCUT2D eigenvalue weighted by Gasteiger charge is -2.10. The maximum Gasteiger partial charge on any atom is 0.374 e. The average molecular weight is 632 g/mol. The van der Waals surface area contributed by atoms with Crippen LogP contribution in [0.4, 0.5) is 5.69 Å². The Morgan fingerprint density at radius 3 is 2.55 bits per heavy atom. The predicted octanol–water partition coefficient (Wildman–Crippen LogP) is 3.27. The van der Waals surface area contributed by atoms with Crippen molar-refractivity contribution in [1.29, 1.82) is 0 Å². The quantitative estimate of drug-likeness (QED) is 0.329. The number of aryl methyl sites for hydroxylation is 3. The zero-order chi connectivity index (χ0) is 20.0. The number of anilines is 1. The summed E-state index contributed by atoms with van der Waals surface area (Å²) in [5, 5.41) is 0. The lowest BCUT2D eigenvalue weighted by Crippen LogP contribution is -3.00. The highest BCUT2D eigenvalue weighted by molar-refractivity contribution is 9.11. The van der Waals surface area contributed by atoms with Gasteiger partial charge in [0.1, 0.15) is 6.54 Å². The number of benzene rings is 2. The maximum absolute atomic E-state index is 6.09. The van der Waals surface area contributed by atoms with Crippen molar-refractivity contribution in [2.24, 2.45) is 0 Å². The van der Waals surface area contributed by atoms with Crippen LogP contribution in [0.1, 0.15) is 23.9 Å². The first-order chi connectivity index (χ1) is 13.4. The van der Waals surface area contributed by atoms with Gasteiger partial charge in [-0.05, 0) is 78.2 Å². The largest absolute Gasteiger partial charge is 1.00 e. The third-order valence-corrected chi connectivity index (χ3v) is 6.07. The van der Waals surface area contributed by atoms with Crippen LogP contribution in [0.2, 0.25) is 0 Å². The minimum atomic E-state index is 0. The van der Waals surface area contributed by atoms with E-state index in [1.54, 1.807) is 0 Å². The fraction of sp³-hybridized carbons (Fsp3) is 0.227. The molecule has 1 aromatic heterocycles. The van der Waals surface area contributed by atoms with E-state index < -0.39 is 0 Å². The van der Waals surface area contributed by atoms with E-state index >= 15 is 0 Å². The Hall–Kier alpha value is -1.32. The SMILES string of the molecule is CC[n+]1c(C=CC=C2Oc3cc(C)c(C)cc3N2C)oc2c(Br)cc(Br)cc21.[I-]. The fourth-order valence-electron chi connectivity index (χ4n) is 3.35. The minimum Gasteiger partial charge on any atom is -1.00 e. The van der Waals surface area contributed by atoms with Crippen molar-refractivity contribution in [1.82, 2.24) is 0 Å². The highest BCUT2D eigenvalue weighted by atomic mass is 127. The maximum atomic E-state index is 6.09. The molecule has 152 valence electrons. The van der Waals surface area contributed by atoms with Gasteiger partial charge in [-0.1, -0.05) is 15.9 Å². The van der Waals surface area contributed by atoms with Gasteiger partial charge >= 0.3 is 5.89 Å². The van der Waals surface area contributed by atoms with Crippen molar-refractivity contribution in [3.05, 3.63) is 68.3 Å². The molecule has 0 spiro atoms. The summed E-state index contributed by atoms with van der Waals surface area (Å²) < 4.78 is 16.2. The third-order valence-electron chi connectivity index (χ3n) is 5.03. The van der Waals surface area contributed by atoms with Gasteiger partial charge < -0.3 is 38.0 Å². The average Bonchev–Trinajstić information content (AvgIpc) is 3.14. The molecular weight excluding hydrogens is 611 g/mol. The van der Waals surface area contributed by atoms with E-state index in [0.717, 1.165) is 49.8 Å². The van der Waals surface area contributed by atoms with Crippen LogP contribution >= 0.6 is 31.9 Å². The van der Waals surface area contributed by atoms with Crippen LogP contribution in [0.15, 0.2) is 55.7 Å². The lowest BCUT2D eigenvalue weighted by molar-refractivity contribution is -0.674. The highest BCUT2D eigenvalue weighted by Gasteiger charge is 2.24. The van der Waals surface area contributed by atoms with Crippen LogP contribution in [0.25, 0.3) is 17.2 Å². The van der Waals surface area contributed by atoms with E-state index in [0.29, 0.717) is 0 Å². The summed E-state index contributed by atoms with van der Waals surface area (Å²) in [6.45, 7) is 7.13. The lowest BCUT2D eigenvalue weighted by atomic mass is 10.1. The van der Waals surface area contributed by atoms with Crippen molar-refractivity contribution in [2.75, 3.05) is 11.9 Å². The van der Waals surface area contributed by atoms with Crippen LogP contribution < -0.4 is 38.2 Å². The van der Waals surface area contributed by atoms with Crippen molar-refractivity contribution >= 4 is 54.7 Å². The van der Waals surface area contributed by atoms with Gasteiger partial charge in [-0.3, -0.25) is 0 Å². The first kappa shape index (κ1) is 22.4. The van der Waals surface area contributed by atoms with Crippen LogP contribution in [0.5, 0.6) is 5.75 Å². The van der Waals surface area contributed by atoms with E-state index in [2.05, 4.69) is 80.3 Å². The molecule has 3 aromatic rings. The summed E-state index contributed by atoms with van der Waals surface area (Å²) in [6, 6.07) is 8.31. The number of rotatable bonds is 3. The molecule has 4 rings (SSSR count). The molecule has 0 saturated heterocycles. The second-order valence-corrected chi connectivity index (χ2v) is 8.62. The Morgan fingerprint density at radius 2 is 1.83 bits per heavy atom. The third kappa shape index (κ3) is 4.14. The van der Waals surface area contributed by atoms with E-state index in [9.17, 15) is 0 Å². The summed E-state index contributed by atoms with van der Waals surface area (Å²) in [7, 11) is 2.02. The van der Waals surface area contributed by atoms with Crippen LogP contribution in [-0.2, 0) is 6.54 Å². The Balaban J connectivity index is 0.00000240. The minimum absolute atomic E-state index is 0. The van der Waals surface area contributed by atoms with Gasteiger partial charge in [0, 0.05) is 17.6 Å². The number of aromatic nitrogens is 1. The van der Waals surface area contributed by atoms with Crippen molar-refractivity contribution < 1.29 is 37.7 Å². The number of allylic oxidation sites excluding steroid dienone is 2. The van der Waals surface area contributed by atoms with E-state index in [-0.39, 0.29) is 24.0 Å². The monoisotopic (exact) mass is 630 g/mol. The molecule has 0 N–H and O–H groups in total. The van der Waals surface area contributed by atoms with Crippen LogP contribution in [0, 0.1) is 13.8 Å². The molecule has 29 heavy (non-hydrogen) atoms. The first-order valence-electron chi connectivity index (χ1n) is 9.11. The van der Waals surface area contributed by atoms with Crippen molar-refractivity contribution in [3.8, 4) is 5.75 Å². The van der Waals surface area contributed by atoms with Gasteiger partial charge in [0.05, 0.1) is 16.2 Å². The zero-order valence-electron chi connectivity index (χ0n) is 16.6. The molecule has 0 fully saturated rings. The molecule has 0 aliphatic carbocycles. The van der Waals surface area contributed by atoms with E-state index in [1.165, 1.54) is 11.1 Å². The molecule has 1 aliphatic rings. The van der Waals surface area contributed by atoms with Gasteiger partial charge in [-0.2, -0.15) is 4.57 Å². The predicted molar refractivity (Wildman–Crippen MR) is 120 cm³/mol. The number of hydrogen-bond donors (Lipinski definition) is 0. The molecule has 2 aromatic carbocycles. The van der Waals surface area contributed by atoms with Crippen LogP contribution in [0.3, 0.4) is 0 Å². The molecule has 0 unspecified atom stereocenters. The van der Waals surface area contributed by atoms with E-state index in [1.807, 2.05) is 31.3 Å². The molecule has 0 atom stereocenters. The van der Waals surface area contributed by atoms with Crippen molar-refractivity contribution in [2.45, 2.75) is 27.3 Å². The first-order valence-corrected chi connectivity index (χ1v) is 10.7. The molecular formula is C22H21Br2IN2O2. The van der Waals surface area contributed by atoms with Gasteiger partial charge in [-0.15, -0.1) is 0 Å². The van der Waals surface area contributed by atoms with Gasteiger partial charge in [0.25, 0.3) is 5.52 Å². The smallest absolute Gasteiger partial charge is 0.374 e. The summed E-state index contributed by atoms with van der Waals surface area (Å²) in [5.74, 6) is 2.48. The summed E-state index contributed by atoms with van der Waals surface area (Å²) in [4.78, 5) is 2.06. The van der Waals surface area contributed by atoms with Crippen molar-refractivity contribution in [3.63, 3.8) is 0 Å². The fourth-order valence-corrected chi connectivity index (χ4v) is 4.64. The van der Waals surface area contributed by atoms with Gasteiger partial charge in [-0.25, -0.2) is 0 Å². The summed E-state index contributed by atoms with van der Waals surface area (Å²) in [5.41, 5.74) is 5.46. The Bertz CT molecular complexity index is 1150. The Kier molecular flexibility index (Phi) is 6.80. The second kappa shape index (κ2) is 8.81. The Labute approximate surface area is 204 Å². The second-order valence-electron chi connectivity index (χ2n) is 6.85. The molecule has 7 heteroatoms. The van der Waals surface area contributed by atoms with Gasteiger partial charge in [0.15, 0.2) is 11.6 Å². The number of hydrogen-bond acceptors (Lipinski definition) is 3. The summed E-state index contributed by atoms with van der Waals surface area (Å²) >= 11 is 7.13. The van der Waals surface area contributed by atoms with Gasteiger partial charge in [0.2, 0.25) is 5.58 Å². The molecule has 4 nitrogen and oxygen atoms in total. The number of halogens is 3. The number of oxazole rings is 1. The normalized spacial score (nSPS) is 14.6. The topological polar surface area (TPSA) is 29.5 Å². The standard InChI is InChI=1S/C22H21Br2N2O2.HI/c1-5-26-18-12-15(23)11-16(24)22(18)28-21(26)8-6-7-20-25(4)17-9-13(2)14(3)10-19(17)27-20;/h6-12H,5H2,1-4H3;1H/q+1;/p-1. The summed E-state index contributed by atoms with van der Waals surface area (Å²) in [6.07, 6.45) is 5.89. The number of ether oxygens (including phenoxy) is 1. The molecule has 1 aliphatic heterocycles. The Morgan fingerprint density at radius 1 is 1.10 bits per heavy atom. The molecule has 2 heterocycles. The molecule has 0 bridgehead atoms. The number of fused-ring (bicyclic) bond motifs is 2. The number of nitrogens with zero attached hydrogens (tertiary/aromatic N) is 2. The highest BCUT2D eigenvalue weighted by Crippen LogP contribution is 2.39.